The maximum Gasteiger partial charge on any atom is 0.138 e. The molecule has 0 radical (unpaired) electrons. The molecule has 35 heavy (non-hydrogen) atoms. The van der Waals surface area contributed by atoms with Crippen molar-refractivity contribution >= 4 is 34.0 Å². The van der Waals surface area contributed by atoms with E-state index in [4.69, 9.17) is 21.3 Å². The van der Waals surface area contributed by atoms with Gasteiger partial charge in [0.1, 0.15) is 16.4 Å². The number of halogens is 1. The van der Waals surface area contributed by atoms with Crippen molar-refractivity contribution in [3.8, 4) is 27.4 Å². The molecule has 1 aromatic carbocycles. The number of hydrogen-bond donors (Lipinski definition) is 2. The molecule has 2 N–H and O–H groups in total. The lowest BCUT2D eigenvalue weighted by atomic mass is 9.77. The van der Waals surface area contributed by atoms with Crippen LogP contribution in [0.2, 0.25) is 5.02 Å². The molecule has 178 valence electrons. The average Bonchev–Trinajstić information content (AvgIpc) is 3.59. The van der Waals surface area contributed by atoms with Crippen molar-refractivity contribution in [2.45, 2.75) is 31.3 Å². The number of aryl methyl sites for hydroxylation is 1. The van der Waals surface area contributed by atoms with E-state index in [-0.39, 0.29) is 5.54 Å². The highest BCUT2D eigenvalue weighted by atomic mass is 35.5. The summed E-state index contributed by atoms with van der Waals surface area (Å²) < 4.78 is 7.06. The SMILES string of the molecule is COc1ccc(CNC2(c3ncc(-c4c(Cl)cnc5[nH]c(-c6cnn(C)c6)cc45)s3)CCC2)cc1. The number of H-pyrrole nitrogens is 1. The predicted octanol–water partition coefficient (Wildman–Crippen LogP) is 5.92. The monoisotopic (exact) mass is 504 g/mol. The number of nitrogens with one attached hydrogen (secondary N) is 2. The lowest BCUT2D eigenvalue weighted by Crippen LogP contribution is -2.47. The minimum Gasteiger partial charge on any atom is -0.497 e. The number of methoxy groups -OCH3 is 1. The molecule has 5 aromatic rings. The van der Waals surface area contributed by atoms with E-state index in [2.05, 4.69) is 38.6 Å². The van der Waals surface area contributed by atoms with E-state index in [1.54, 1.807) is 29.3 Å². The molecule has 0 aliphatic heterocycles. The van der Waals surface area contributed by atoms with Crippen LogP contribution in [0.15, 0.2) is 55.1 Å². The first-order chi connectivity index (χ1) is 17.0. The van der Waals surface area contributed by atoms with Gasteiger partial charge in [0, 0.05) is 48.7 Å². The first-order valence-electron chi connectivity index (χ1n) is 11.6. The molecule has 6 rings (SSSR count). The summed E-state index contributed by atoms with van der Waals surface area (Å²) in [5.41, 5.74) is 4.87. The highest BCUT2D eigenvalue weighted by molar-refractivity contribution is 7.15. The quantitative estimate of drug-likeness (QED) is 0.287. The van der Waals surface area contributed by atoms with Crippen LogP contribution in [0, 0.1) is 0 Å². The number of aromatic amines is 1. The Morgan fingerprint density at radius 3 is 2.69 bits per heavy atom. The fraction of sp³-hybridized carbons (Fsp3) is 0.269. The van der Waals surface area contributed by atoms with E-state index in [9.17, 15) is 0 Å². The lowest BCUT2D eigenvalue weighted by Gasteiger charge is -2.41. The van der Waals surface area contributed by atoms with Crippen LogP contribution >= 0.6 is 22.9 Å². The molecule has 9 heteroatoms. The van der Waals surface area contributed by atoms with Crippen LogP contribution in [0.4, 0.5) is 0 Å². The Morgan fingerprint density at radius 2 is 2.00 bits per heavy atom. The van der Waals surface area contributed by atoms with Gasteiger partial charge in [-0.15, -0.1) is 11.3 Å². The van der Waals surface area contributed by atoms with Crippen molar-refractivity contribution in [3.63, 3.8) is 0 Å². The molecule has 0 amide bonds. The normalized spacial score (nSPS) is 14.8. The second-order valence-corrected chi connectivity index (χ2v) is 10.4. The summed E-state index contributed by atoms with van der Waals surface area (Å²) in [7, 11) is 3.59. The molecule has 1 aliphatic rings. The number of rotatable bonds is 7. The third kappa shape index (κ3) is 4.01. The maximum atomic E-state index is 6.69. The van der Waals surface area contributed by atoms with Gasteiger partial charge in [-0.1, -0.05) is 23.7 Å². The van der Waals surface area contributed by atoms with Crippen LogP contribution in [0.25, 0.3) is 32.7 Å². The molecule has 1 aliphatic carbocycles. The van der Waals surface area contributed by atoms with E-state index in [1.807, 2.05) is 37.8 Å². The molecule has 1 saturated carbocycles. The fourth-order valence-electron chi connectivity index (χ4n) is 4.64. The van der Waals surface area contributed by atoms with Gasteiger partial charge in [0.2, 0.25) is 0 Å². The number of thiazole rings is 1. The lowest BCUT2D eigenvalue weighted by molar-refractivity contribution is 0.183. The number of fused-ring (bicyclic) bond motifs is 1. The van der Waals surface area contributed by atoms with Crippen molar-refractivity contribution in [1.82, 2.24) is 30.0 Å². The molecule has 0 spiro atoms. The largest absolute Gasteiger partial charge is 0.497 e. The number of pyridine rings is 1. The number of hydrogen-bond acceptors (Lipinski definition) is 6. The van der Waals surface area contributed by atoms with Gasteiger partial charge < -0.3 is 15.0 Å². The number of ether oxygens (including phenoxy) is 1. The second-order valence-electron chi connectivity index (χ2n) is 9.00. The average molecular weight is 505 g/mol. The van der Waals surface area contributed by atoms with Gasteiger partial charge in [-0.2, -0.15) is 5.10 Å². The van der Waals surface area contributed by atoms with Crippen LogP contribution < -0.4 is 10.1 Å². The minimum absolute atomic E-state index is 0.0967. The van der Waals surface area contributed by atoms with Gasteiger partial charge >= 0.3 is 0 Å². The Hall–Kier alpha value is -3.20. The zero-order chi connectivity index (χ0) is 24.0. The van der Waals surface area contributed by atoms with Gasteiger partial charge in [-0.05, 0) is 43.0 Å². The van der Waals surface area contributed by atoms with Crippen molar-refractivity contribution in [2.24, 2.45) is 7.05 Å². The van der Waals surface area contributed by atoms with Gasteiger partial charge in [0.05, 0.1) is 34.4 Å². The summed E-state index contributed by atoms with van der Waals surface area (Å²) in [6, 6.07) is 10.3. The predicted molar refractivity (Wildman–Crippen MR) is 140 cm³/mol. The van der Waals surface area contributed by atoms with Gasteiger partial charge in [-0.3, -0.25) is 4.68 Å². The van der Waals surface area contributed by atoms with Gasteiger partial charge in [0.15, 0.2) is 0 Å². The molecule has 0 atom stereocenters. The molecular weight excluding hydrogens is 480 g/mol. The van der Waals surface area contributed by atoms with E-state index in [0.29, 0.717) is 5.02 Å². The minimum atomic E-state index is -0.0967. The zero-order valence-corrected chi connectivity index (χ0v) is 21.1. The van der Waals surface area contributed by atoms with E-state index in [0.717, 1.165) is 62.9 Å². The van der Waals surface area contributed by atoms with Crippen molar-refractivity contribution in [3.05, 3.63) is 70.7 Å². The molecule has 4 heterocycles. The second kappa shape index (κ2) is 8.78. The molecule has 4 aromatic heterocycles. The van der Waals surface area contributed by atoms with Crippen molar-refractivity contribution in [2.75, 3.05) is 7.11 Å². The molecule has 7 nitrogen and oxygen atoms in total. The topological polar surface area (TPSA) is 80.7 Å². The van der Waals surface area contributed by atoms with Crippen LogP contribution in [0.5, 0.6) is 5.75 Å². The molecule has 0 bridgehead atoms. The third-order valence-electron chi connectivity index (χ3n) is 6.79. The highest BCUT2D eigenvalue weighted by Gasteiger charge is 2.41. The molecular formula is C26H25ClN6OS. The standard InChI is InChI=1S/C26H25ClN6OS/c1-33-15-17(12-31-33)21-10-19-23(20(27)13-28-24(19)32-21)22-14-29-25(35-22)26(8-3-9-26)30-11-16-4-6-18(34-2)7-5-16/h4-7,10,12-15,30H,3,8-9,11H2,1-2H3,(H,28,32). The number of aromatic nitrogens is 5. The Balaban J connectivity index is 1.31. The van der Waals surface area contributed by atoms with E-state index < -0.39 is 0 Å². The van der Waals surface area contributed by atoms with Crippen LogP contribution in [0.1, 0.15) is 29.8 Å². The Labute approximate surface area is 212 Å². The molecule has 1 fully saturated rings. The summed E-state index contributed by atoms with van der Waals surface area (Å²) in [6.45, 7) is 0.783. The summed E-state index contributed by atoms with van der Waals surface area (Å²) >= 11 is 8.41. The summed E-state index contributed by atoms with van der Waals surface area (Å²) in [5, 5.41) is 10.8. The van der Waals surface area contributed by atoms with Gasteiger partial charge in [0.25, 0.3) is 0 Å². The third-order valence-corrected chi connectivity index (χ3v) is 8.29. The summed E-state index contributed by atoms with van der Waals surface area (Å²) in [6.07, 6.45) is 10.8. The smallest absolute Gasteiger partial charge is 0.138 e. The first-order valence-corrected chi connectivity index (χ1v) is 12.7. The summed E-state index contributed by atoms with van der Waals surface area (Å²) in [4.78, 5) is 13.9. The molecule has 0 unspecified atom stereocenters. The number of benzene rings is 1. The fourth-order valence-corrected chi connectivity index (χ4v) is 6.16. The summed E-state index contributed by atoms with van der Waals surface area (Å²) in [5.74, 6) is 0.869. The number of nitrogens with zero attached hydrogens (tertiary/aromatic N) is 4. The molecule has 0 saturated heterocycles. The Morgan fingerprint density at radius 1 is 1.17 bits per heavy atom. The van der Waals surface area contributed by atoms with Crippen LogP contribution in [-0.4, -0.2) is 31.8 Å². The van der Waals surface area contributed by atoms with E-state index in [1.165, 1.54) is 12.0 Å². The van der Waals surface area contributed by atoms with E-state index >= 15 is 0 Å². The first kappa shape index (κ1) is 22.3. The highest BCUT2D eigenvalue weighted by Crippen LogP contribution is 2.46. The van der Waals surface area contributed by atoms with Gasteiger partial charge in [-0.25, -0.2) is 9.97 Å². The zero-order valence-electron chi connectivity index (χ0n) is 19.5. The maximum absolute atomic E-state index is 6.69. The van der Waals surface area contributed by atoms with Crippen molar-refractivity contribution in [1.29, 1.82) is 0 Å². The Bertz CT molecular complexity index is 1500. The van der Waals surface area contributed by atoms with Crippen LogP contribution in [-0.2, 0) is 19.1 Å². The van der Waals surface area contributed by atoms with Crippen molar-refractivity contribution < 1.29 is 4.74 Å². The van der Waals surface area contributed by atoms with Crippen LogP contribution in [0.3, 0.4) is 0 Å². The Kier molecular flexibility index (Phi) is 5.59.